The molecular formula is C18H22N2O. The molecule has 0 radical (unpaired) electrons. The van der Waals surface area contributed by atoms with Crippen LogP contribution >= 0.6 is 0 Å². The van der Waals surface area contributed by atoms with Gasteiger partial charge in [0.05, 0.1) is 0 Å². The summed E-state index contributed by atoms with van der Waals surface area (Å²) in [5.41, 5.74) is 2.48. The van der Waals surface area contributed by atoms with E-state index in [1.807, 2.05) is 4.90 Å². The molecule has 2 fully saturated rings. The first-order valence-electron chi connectivity index (χ1n) is 7.84. The van der Waals surface area contributed by atoms with Crippen LogP contribution in [-0.4, -0.2) is 30.4 Å². The summed E-state index contributed by atoms with van der Waals surface area (Å²) in [6.45, 7) is 3.70. The van der Waals surface area contributed by atoms with E-state index in [0.29, 0.717) is 19.5 Å². The van der Waals surface area contributed by atoms with Gasteiger partial charge in [0.15, 0.2) is 0 Å². The Morgan fingerprint density at radius 2 is 1.86 bits per heavy atom. The van der Waals surface area contributed by atoms with Crippen molar-refractivity contribution in [2.75, 3.05) is 24.5 Å². The zero-order valence-corrected chi connectivity index (χ0v) is 12.4. The summed E-state index contributed by atoms with van der Waals surface area (Å²) in [7, 11) is 0. The van der Waals surface area contributed by atoms with Crippen molar-refractivity contribution in [3.8, 4) is 12.3 Å². The van der Waals surface area contributed by atoms with Crippen molar-refractivity contribution < 1.29 is 4.79 Å². The summed E-state index contributed by atoms with van der Waals surface area (Å²) in [5, 5.41) is 0. The van der Waals surface area contributed by atoms with Gasteiger partial charge in [0.1, 0.15) is 0 Å². The molecule has 0 bridgehead atoms. The molecule has 0 N–H and O–H groups in total. The summed E-state index contributed by atoms with van der Waals surface area (Å²) in [6.07, 6.45) is 9.85. The average Bonchev–Trinajstić information content (AvgIpc) is 2.89. The molecule has 1 aromatic rings. The molecule has 0 spiro atoms. The lowest BCUT2D eigenvalue weighted by atomic mass is 10.1. The highest BCUT2D eigenvalue weighted by molar-refractivity contribution is 5.79. The van der Waals surface area contributed by atoms with E-state index in [0.717, 1.165) is 13.1 Å². The Hall–Kier alpha value is -1.95. The molecule has 0 aromatic heterocycles. The SMILES string of the molecule is C#CC1CC(=O)N(Cc2ccc(N3CCCCC3)cc2)C1. The van der Waals surface area contributed by atoms with Gasteiger partial charge in [0.2, 0.25) is 5.91 Å². The number of hydrogen-bond donors (Lipinski definition) is 0. The highest BCUT2D eigenvalue weighted by Crippen LogP contribution is 2.23. The van der Waals surface area contributed by atoms with E-state index in [9.17, 15) is 4.79 Å². The molecule has 0 aliphatic carbocycles. The first-order chi connectivity index (χ1) is 10.3. The van der Waals surface area contributed by atoms with Crippen LogP contribution in [0, 0.1) is 18.3 Å². The van der Waals surface area contributed by atoms with Crippen molar-refractivity contribution in [1.29, 1.82) is 0 Å². The van der Waals surface area contributed by atoms with Gasteiger partial charge >= 0.3 is 0 Å². The van der Waals surface area contributed by atoms with Gasteiger partial charge in [-0.25, -0.2) is 0 Å². The Labute approximate surface area is 126 Å². The third kappa shape index (κ3) is 3.21. The minimum atomic E-state index is 0.0881. The Kier molecular flexibility index (Phi) is 4.15. The van der Waals surface area contributed by atoms with E-state index in [-0.39, 0.29) is 11.8 Å². The molecule has 21 heavy (non-hydrogen) atoms. The normalized spacial score (nSPS) is 22.4. The van der Waals surface area contributed by atoms with Gasteiger partial charge in [-0.1, -0.05) is 12.1 Å². The number of carbonyl (C=O) groups is 1. The lowest BCUT2D eigenvalue weighted by molar-refractivity contribution is -0.128. The standard InChI is InChI=1S/C18H22N2O/c1-2-15-12-18(21)20(13-15)14-16-6-8-17(9-7-16)19-10-4-3-5-11-19/h1,6-9,15H,3-5,10-14H2. The molecule has 1 aromatic carbocycles. The van der Waals surface area contributed by atoms with Crippen molar-refractivity contribution in [2.45, 2.75) is 32.2 Å². The molecule has 3 rings (SSSR count). The van der Waals surface area contributed by atoms with Crippen molar-refractivity contribution in [3.63, 3.8) is 0 Å². The summed E-state index contributed by atoms with van der Waals surface area (Å²) in [6, 6.07) is 8.64. The van der Waals surface area contributed by atoms with Crippen molar-refractivity contribution in [2.24, 2.45) is 5.92 Å². The number of carbonyl (C=O) groups excluding carboxylic acids is 1. The highest BCUT2D eigenvalue weighted by Gasteiger charge is 2.27. The summed E-state index contributed by atoms with van der Waals surface area (Å²) < 4.78 is 0. The van der Waals surface area contributed by atoms with Gasteiger partial charge in [-0.3, -0.25) is 4.79 Å². The maximum atomic E-state index is 11.9. The molecule has 1 atom stereocenters. The van der Waals surface area contributed by atoms with Crippen LogP contribution in [0.15, 0.2) is 24.3 Å². The van der Waals surface area contributed by atoms with Crippen LogP contribution in [0.2, 0.25) is 0 Å². The number of terminal acetylenes is 1. The van der Waals surface area contributed by atoms with Gasteiger partial charge in [-0.2, -0.15) is 0 Å². The predicted molar refractivity (Wildman–Crippen MR) is 84.9 cm³/mol. The molecule has 1 amide bonds. The smallest absolute Gasteiger partial charge is 0.224 e. The molecule has 3 nitrogen and oxygen atoms in total. The van der Waals surface area contributed by atoms with Crippen molar-refractivity contribution >= 4 is 11.6 Å². The van der Waals surface area contributed by atoms with E-state index in [4.69, 9.17) is 6.42 Å². The van der Waals surface area contributed by atoms with Crippen molar-refractivity contribution in [3.05, 3.63) is 29.8 Å². The number of piperidine rings is 1. The molecule has 110 valence electrons. The molecule has 1 unspecified atom stereocenters. The molecule has 2 aliphatic heterocycles. The van der Waals surface area contributed by atoms with E-state index >= 15 is 0 Å². The van der Waals surface area contributed by atoms with Crippen LogP contribution in [0.25, 0.3) is 0 Å². The first kappa shape index (κ1) is 14.0. The molecule has 2 aliphatic rings. The van der Waals surface area contributed by atoms with Crippen LogP contribution < -0.4 is 4.90 Å². The van der Waals surface area contributed by atoms with E-state index in [2.05, 4.69) is 35.1 Å². The number of likely N-dealkylation sites (tertiary alicyclic amines) is 1. The van der Waals surface area contributed by atoms with Gasteiger partial charge in [-0.15, -0.1) is 12.3 Å². The zero-order valence-electron chi connectivity index (χ0n) is 12.4. The highest BCUT2D eigenvalue weighted by atomic mass is 16.2. The fourth-order valence-corrected chi connectivity index (χ4v) is 3.22. The lowest BCUT2D eigenvalue weighted by Crippen LogP contribution is -2.29. The third-order valence-electron chi connectivity index (χ3n) is 4.48. The predicted octanol–water partition coefficient (Wildman–Crippen LogP) is 2.66. The number of rotatable bonds is 3. The summed E-state index contributed by atoms with van der Waals surface area (Å²) in [4.78, 5) is 16.2. The Morgan fingerprint density at radius 3 is 2.48 bits per heavy atom. The van der Waals surface area contributed by atoms with Crippen LogP contribution in [0.3, 0.4) is 0 Å². The van der Waals surface area contributed by atoms with Gasteiger partial charge in [0, 0.05) is 44.2 Å². The monoisotopic (exact) mass is 282 g/mol. The third-order valence-corrected chi connectivity index (χ3v) is 4.48. The second-order valence-electron chi connectivity index (χ2n) is 6.06. The van der Waals surface area contributed by atoms with E-state index in [1.54, 1.807) is 0 Å². The van der Waals surface area contributed by atoms with Crippen molar-refractivity contribution in [1.82, 2.24) is 4.90 Å². The minimum Gasteiger partial charge on any atom is -0.372 e. The zero-order chi connectivity index (χ0) is 14.7. The Balaban J connectivity index is 1.62. The summed E-state index contributed by atoms with van der Waals surface area (Å²) >= 11 is 0. The van der Waals surface area contributed by atoms with E-state index in [1.165, 1.54) is 30.5 Å². The van der Waals surface area contributed by atoms with E-state index < -0.39 is 0 Å². The number of anilines is 1. The Morgan fingerprint density at radius 1 is 1.14 bits per heavy atom. The Bertz CT molecular complexity index is 537. The number of hydrogen-bond acceptors (Lipinski definition) is 2. The number of benzene rings is 1. The van der Waals surface area contributed by atoms with Crippen LogP contribution in [0.5, 0.6) is 0 Å². The largest absolute Gasteiger partial charge is 0.372 e. The maximum absolute atomic E-state index is 11.9. The summed E-state index contributed by atoms with van der Waals surface area (Å²) in [5.74, 6) is 2.96. The quantitative estimate of drug-likeness (QED) is 0.796. The molecule has 2 saturated heterocycles. The molecular weight excluding hydrogens is 260 g/mol. The van der Waals surface area contributed by atoms with Gasteiger partial charge in [0.25, 0.3) is 0 Å². The van der Waals surface area contributed by atoms with Crippen LogP contribution in [0.4, 0.5) is 5.69 Å². The molecule has 3 heteroatoms. The topological polar surface area (TPSA) is 23.6 Å². The second-order valence-corrected chi connectivity index (χ2v) is 6.06. The molecule has 0 saturated carbocycles. The van der Waals surface area contributed by atoms with Gasteiger partial charge < -0.3 is 9.80 Å². The van der Waals surface area contributed by atoms with Gasteiger partial charge in [-0.05, 0) is 37.0 Å². The lowest BCUT2D eigenvalue weighted by Gasteiger charge is -2.29. The fraction of sp³-hybridized carbons (Fsp3) is 0.500. The average molecular weight is 282 g/mol. The minimum absolute atomic E-state index is 0.0881. The van der Waals surface area contributed by atoms with Crippen LogP contribution in [0.1, 0.15) is 31.2 Å². The van der Waals surface area contributed by atoms with Crippen LogP contribution in [-0.2, 0) is 11.3 Å². The number of nitrogens with zero attached hydrogens (tertiary/aromatic N) is 2. The fourth-order valence-electron chi connectivity index (χ4n) is 3.22. The molecule has 2 heterocycles. The first-order valence-corrected chi connectivity index (χ1v) is 7.84. The number of amides is 1. The maximum Gasteiger partial charge on any atom is 0.224 e. The second kappa shape index (κ2) is 6.22.